The minimum absolute atomic E-state index is 0.0269. The number of fused-ring (bicyclic) bond motifs is 1. The zero-order chi connectivity index (χ0) is 12.4. The van der Waals surface area contributed by atoms with Crippen LogP contribution in [0, 0.1) is 0 Å². The lowest BCUT2D eigenvalue weighted by Crippen LogP contribution is -2.04. The molecule has 2 aromatic carbocycles. The van der Waals surface area contributed by atoms with Crippen molar-refractivity contribution in [3.8, 4) is 11.5 Å². The standard InChI is InChI=1S/C13H12O4/c1-17-12(15)7-9-3-2-8-6-10(14)4-5-11(8)13(9)16/h2-6,14,16H,7H2,1H3. The van der Waals surface area contributed by atoms with Crippen LogP contribution in [0.4, 0.5) is 0 Å². The molecule has 4 nitrogen and oxygen atoms in total. The maximum absolute atomic E-state index is 11.2. The summed E-state index contributed by atoms with van der Waals surface area (Å²) >= 11 is 0. The van der Waals surface area contributed by atoms with E-state index >= 15 is 0 Å². The highest BCUT2D eigenvalue weighted by atomic mass is 16.5. The van der Waals surface area contributed by atoms with E-state index in [4.69, 9.17) is 0 Å². The van der Waals surface area contributed by atoms with E-state index in [9.17, 15) is 15.0 Å². The Morgan fingerprint density at radius 2 is 2.00 bits per heavy atom. The summed E-state index contributed by atoms with van der Waals surface area (Å²) in [6.45, 7) is 0. The summed E-state index contributed by atoms with van der Waals surface area (Å²) in [5, 5.41) is 20.6. The van der Waals surface area contributed by atoms with E-state index in [1.165, 1.54) is 13.2 Å². The van der Waals surface area contributed by atoms with Gasteiger partial charge in [0.1, 0.15) is 11.5 Å². The highest BCUT2D eigenvalue weighted by Crippen LogP contribution is 2.31. The van der Waals surface area contributed by atoms with Gasteiger partial charge in [-0.3, -0.25) is 4.79 Å². The summed E-state index contributed by atoms with van der Waals surface area (Å²) in [6.07, 6.45) is 0.0269. The van der Waals surface area contributed by atoms with Crippen LogP contribution in [0.1, 0.15) is 5.56 Å². The Labute approximate surface area is 98.1 Å². The summed E-state index contributed by atoms with van der Waals surface area (Å²) in [7, 11) is 1.30. The van der Waals surface area contributed by atoms with Crippen LogP contribution in [0.3, 0.4) is 0 Å². The fourth-order valence-corrected chi connectivity index (χ4v) is 1.72. The lowest BCUT2D eigenvalue weighted by molar-refractivity contribution is -0.139. The van der Waals surface area contributed by atoms with Gasteiger partial charge in [0.2, 0.25) is 0 Å². The fraction of sp³-hybridized carbons (Fsp3) is 0.154. The average Bonchev–Trinajstić information content (AvgIpc) is 2.32. The van der Waals surface area contributed by atoms with Crippen molar-refractivity contribution in [2.75, 3.05) is 7.11 Å². The molecule has 0 saturated heterocycles. The molecule has 0 aliphatic heterocycles. The van der Waals surface area contributed by atoms with E-state index in [0.717, 1.165) is 5.39 Å². The Morgan fingerprint density at radius 1 is 1.24 bits per heavy atom. The van der Waals surface area contributed by atoms with E-state index in [1.807, 2.05) is 0 Å². The molecule has 2 rings (SSSR count). The fourth-order valence-electron chi connectivity index (χ4n) is 1.72. The van der Waals surface area contributed by atoms with E-state index in [1.54, 1.807) is 24.3 Å². The number of benzene rings is 2. The molecule has 17 heavy (non-hydrogen) atoms. The van der Waals surface area contributed by atoms with Crippen molar-refractivity contribution >= 4 is 16.7 Å². The molecule has 0 spiro atoms. The zero-order valence-corrected chi connectivity index (χ0v) is 9.30. The topological polar surface area (TPSA) is 66.8 Å². The summed E-state index contributed by atoms with van der Waals surface area (Å²) < 4.78 is 4.55. The SMILES string of the molecule is COC(=O)Cc1ccc2cc(O)ccc2c1O. The van der Waals surface area contributed by atoms with Crippen LogP contribution in [0.5, 0.6) is 11.5 Å². The van der Waals surface area contributed by atoms with Gasteiger partial charge in [-0.05, 0) is 23.6 Å². The lowest BCUT2D eigenvalue weighted by Gasteiger charge is -2.07. The number of hydrogen-bond acceptors (Lipinski definition) is 4. The number of rotatable bonds is 2. The molecule has 0 aromatic heterocycles. The average molecular weight is 232 g/mol. The van der Waals surface area contributed by atoms with Crippen LogP contribution < -0.4 is 0 Å². The molecular formula is C13H12O4. The zero-order valence-electron chi connectivity index (χ0n) is 9.30. The molecular weight excluding hydrogens is 220 g/mol. The van der Waals surface area contributed by atoms with Crippen LogP contribution in [-0.4, -0.2) is 23.3 Å². The maximum Gasteiger partial charge on any atom is 0.310 e. The number of hydrogen-bond donors (Lipinski definition) is 2. The van der Waals surface area contributed by atoms with Gasteiger partial charge in [0.15, 0.2) is 0 Å². The molecule has 0 heterocycles. The van der Waals surface area contributed by atoms with Crippen molar-refractivity contribution in [3.05, 3.63) is 35.9 Å². The van der Waals surface area contributed by atoms with E-state index in [-0.39, 0.29) is 17.9 Å². The van der Waals surface area contributed by atoms with Crippen molar-refractivity contribution < 1.29 is 19.7 Å². The summed E-state index contributed by atoms with van der Waals surface area (Å²) in [6, 6.07) is 8.04. The largest absolute Gasteiger partial charge is 0.508 e. The number of esters is 1. The van der Waals surface area contributed by atoms with Gasteiger partial charge in [-0.25, -0.2) is 0 Å². The second-order valence-corrected chi connectivity index (χ2v) is 3.73. The molecule has 0 unspecified atom stereocenters. The van der Waals surface area contributed by atoms with E-state index in [2.05, 4.69) is 4.74 Å². The summed E-state index contributed by atoms with van der Waals surface area (Å²) in [4.78, 5) is 11.2. The van der Waals surface area contributed by atoms with E-state index < -0.39 is 5.97 Å². The first-order valence-electron chi connectivity index (χ1n) is 5.12. The first-order chi connectivity index (χ1) is 8.11. The second-order valence-electron chi connectivity index (χ2n) is 3.73. The number of aromatic hydroxyl groups is 2. The molecule has 0 aliphatic carbocycles. The summed E-state index contributed by atoms with van der Waals surface area (Å²) in [5.41, 5.74) is 0.509. The third kappa shape index (κ3) is 2.15. The number of phenolic OH excluding ortho intramolecular Hbond substituents is 2. The van der Waals surface area contributed by atoms with Gasteiger partial charge < -0.3 is 14.9 Å². The first kappa shape index (κ1) is 11.3. The minimum atomic E-state index is -0.404. The predicted molar refractivity (Wildman–Crippen MR) is 63.0 cm³/mol. The van der Waals surface area contributed by atoms with Gasteiger partial charge in [0.05, 0.1) is 13.5 Å². The predicted octanol–water partition coefficient (Wildman–Crippen LogP) is 1.97. The monoisotopic (exact) mass is 232 g/mol. The Bertz CT molecular complexity index is 575. The molecule has 0 bridgehead atoms. The summed E-state index contributed by atoms with van der Waals surface area (Å²) in [5.74, 6) is -0.219. The second kappa shape index (κ2) is 4.33. The Morgan fingerprint density at radius 3 is 2.71 bits per heavy atom. The molecule has 88 valence electrons. The molecule has 0 fully saturated rings. The van der Waals surface area contributed by atoms with Gasteiger partial charge in [0, 0.05) is 10.9 Å². The van der Waals surface area contributed by atoms with Crippen LogP contribution in [0.15, 0.2) is 30.3 Å². The minimum Gasteiger partial charge on any atom is -0.508 e. The third-order valence-electron chi connectivity index (χ3n) is 2.62. The van der Waals surface area contributed by atoms with Crippen molar-refractivity contribution in [3.63, 3.8) is 0 Å². The normalized spacial score (nSPS) is 10.4. The molecule has 4 heteroatoms. The van der Waals surface area contributed by atoms with Crippen LogP contribution in [0.25, 0.3) is 10.8 Å². The number of phenols is 2. The molecule has 2 N–H and O–H groups in total. The van der Waals surface area contributed by atoms with Crippen molar-refractivity contribution in [1.82, 2.24) is 0 Å². The van der Waals surface area contributed by atoms with Crippen LogP contribution in [-0.2, 0) is 16.0 Å². The van der Waals surface area contributed by atoms with E-state index in [0.29, 0.717) is 10.9 Å². The number of methoxy groups -OCH3 is 1. The first-order valence-corrected chi connectivity index (χ1v) is 5.12. The maximum atomic E-state index is 11.2. The molecule has 0 aliphatic rings. The van der Waals surface area contributed by atoms with Gasteiger partial charge in [-0.1, -0.05) is 12.1 Å². The Hall–Kier alpha value is -2.23. The molecule has 0 amide bonds. The van der Waals surface area contributed by atoms with Crippen molar-refractivity contribution in [2.45, 2.75) is 6.42 Å². The molecule has 0 radical (unpaired) electrons. The third-order valence-corrected chi connectivity index (χ3v) is 2.62. The highest BCUT2D eigenvalue weighted by Gasteiger charge is 2.10. The smallest absolute Gasteiger partial charge is 0.310 e. The lowest BCUT2D eigenvalue weighted by atomic mass is 10.0. The number of carbonyl (C=O) groups is 1. The number of ether oxygens (including phenoxy) is 1. The van der Waals surface area contributed by atoms with Crippen LogP contribution >= 0.6 is 0 Å². The Balaban J connectivity index is 2.50. The highest BCUT2D eigenvalue weighted by molar-refractivity contribution is 5.91. The molecule has 0 atom stereocenters. The van der Waals surface area contributed by atoms with Crippen molar-refractivity contribution in [1.29, 1.82) is 0 Å². The van der Waals surface area contributed by atoms with Gasteiger partial charge >= 0.3 is 5.97 Å². The molecule has 2 aromatic rings. The number of carbonyl (C=O) groups excluding carboxylic acids is 1. The van der Waals surface area contributed by atoms with Gasteiger partial charge in [-0.2, -0.15) is 0 Å². The quantitative estimate of drug-likeness (QED) is 0.777. The Kier molecular flexibility index (Phi) is 2.87. The van der Waals surface area contributed by atoms with Gasteiger partial charge in [-0.15, -0.1) is 0 Å². The van der Waals surface area contributed by atoms with Crippen molar-refractivity contribution in [2.24, 2.45) is 0 Å². The van der Waals surface area contributed by atoms with Gasteiger partial charge in [0.25, 0.3) is 0 Å². The van der Waals surface area contributed by atoms with Crippen LogP contribution in [0.2, 0.25) is 0 Å². The molecule has 0 saturated carbocycles.